The Morgan fingerprint density at radius 3 is 2.76 bits per heavy atom. The van der Waals surface area contributed by atoms with Crippen LogP contribution in [0.3, 0.4) is 0 Å². The lowest BCUT2D eigenvalue weighted by Crippen LogP contribution is -2.26. The molecular weight excluding hydrogens is 560 g/mol. The Labute approximate surface area is 223 Å². The fourth-order valence-electron chi connectivity index (χ4n) is 5.03. The molecule has 2 aliphatic rings. The maximum atomic E-state index is 12.5. The summed E-state index contributed by atoms with van der Waals surface area (Å²) in [5, 5.41) is 15.7. The molecule has 3 N–H and O–H groups in total. The first-order valence-corrected chi connectivity index (χ1v) is 15.8. The minimum Gasteiger partial charge on any atom is -0.390 e. The van der Waals surface area contributed by atoms with Gasteiger partial charge in [0.15, 0.2) is 17.8 Å². The van der Waals surface area contributed by atoms with Gasteiger partial charge in [-0.25, -0.2) is 4.68 Å². The molecule has 0 amide bonds. The highest BCUT2D eigenvalue weighted by atomic mass is 35.5. The molecule has 1 aliphatic carbocycles. The highest BCUT2D eigenvalue weighted by Gasteiger charge is 2.40. The summed E-state index contributed by atoms with van der Waals surface area (Å²) in [6, 6.07) is 8.41. The number of aromatic nitrogens is 4. The van der Waals surface area contributed by atoms with Gasteiger partial charge in [0.1, 0.15) is 11.9 Å². The number of aliphatic hydroxyl groups excluding tert-OH is 1. The molecule has 5 rings (SSSR count). The van der Waals surface area contributed by atoms with Gasteiger partial charge >= 0.3 is 15.2 Å². The molecule has 1 saturated heterocycles. The van der Waals surface area contributed by atoms with Crippen molar-refractivity contribution in [2.45, 2.75) is 43.7 Å². The first kappa shape index (κ1) is 27.6. The number of fused-ring (bicyclic) bond motifs is 2. The summed E-state index contributed by atoms with van der Waals surface area (Å²) in [4.78, 5) is 29.2. The number of hydrogen-bond donors (Lipinski definition) is 3. The van der Waals surface area contributed by atoms with Gasteiger partial charge in [0.25, 0.3) is 0 Å². The van der Waals surface area contributed by atoms with Crippen molar-refractivity contribution in [2.75, 3.05) is 31.6 Å². The van der Waals surface area contributed by atoms with E-state index in [-0.39, 0.29) is 17.7 Å². The van der Waals surface area contributed by atoms with Gasteiger partial charge in [-0.3, -0.25) is 9.13 Å². The Balaban J connectivity index is 1.36. The number of hydrogen-bond acceptors (Lipinski definition) is 10. The number of anilines is 1. The van der Waals surface area contributed by atoms with Crippen LogP contribution < -0.4 is 4.90 Å². The van der Waals surface area contributed by atoms with Gasteiger partial charge in [0.05, 0.1) is 30.3 Å². The van der Waals surface area contributed by atoms with Crippen molar-refractivity contribution in [3.63, 3.8) is 0 Å². The molecule has 38 heavy (non-hydrogen) atoms. The van der Waals surface area contributed by atoms with Crippen LogP contribution in [0.5, 0.6) is 0 Å². The Hall–Kier alpha value is -1.92. The average molecular weight is 588 g/mol. The van der Waals surface area contributed by atoms with E-state index >= 15 is 0 Å². The quantitative estimate of drug-likeness (QED) is 0.247. The van der Waals surface area contributed by atoms with Crippen molar-refractivity contribution in [2.24, 2.45) is 0 Å². The Morgan fingerprint density at radius 1 is 1.26 bits per heavy atom. The van der Waals surface area contributed by atoms with Crippen molar-refractivity contribution < 1.29 is 37.8 Å². The van der Waals surface area contributed by atoms with Crippen LogP contribution in [0.4, 0.5) is 5.82 Å². The molecule has 1 fully saturated rings. The molecule has 2 aromatic heterocycles. The van der Waals surface area contributed by atoms with Gasteiger partial charge in [0, 0.05) is 20.6 Å². The molecule has 13 nitrogen and oxygen atoms in total. The maximum Gasteiger partial charge on any atom is 0.342 e. The lowest BCUT2D eigenvalue weighted by Gasteiger charge is -2.27. The summed E-state index contributed by atoms with van der Waals surface area (Å²) in [5.74, 6) is -0.464. The van der Waals surface area contributed by atoms with Gasteiger partial charge in [0.2, 0.25) is 5.28 Å². The Bertz CT molecular complexity index is 1430. The second-order valence-corrected chi connectivity index (χ2v) is 14.0. The third-order valence-electron chi connectivity index (χ3n) is 6.86. The number of rotatable bonds is 9. The smallest absolute Gasteiger partial charge is 0.342 e. The molecule has 0 bridgehead atoms. The van der Waals surface area contributed by atoms with Gasteiger partial charge in [-0.2, -0.15) is 15.1 Å². The van der Waals surface area contributed by atoms with E-state index in [1.54, 1.807) is 6.20 Å². The van der Waals surface area contributed by atoms with Crippen LogP contribution in [-0.4, -0.2) is 73.5 Å². The number of ether oxygens (including phenoxy) is 1. The first-order chi connectivity index (χ1) is 18.0. The zero-order chi connectivity index (χ0) is 27.2. The monoisotopic (exact) mass is 587 g/mol. The molecule has 1 aliphatic heterocycles. The van der Waals surface area contributed by atoms with Crippen molar-refractivity contribution in [1.82, 2.24) is 19.7 Å². The molecule has 1 aromatic carbocycles. The van der Waals surface area contributed by atoms with E-state index in [0.29, 0.717) is 16.9 Å². The van der Waals surface area contributed by atoms with Crippen LogP contribution in [-0.2, 0) is 29.3 Å². The third-order valence-corrected chi connectivity index (χ3v) is 11.0. The molecule has 0 radical (unpaired) electrons. The van der Waals surface area contributed by atoms with Crippen LogP contribution in [0, 0.1) is 0 Å². The predicted octanol–water partition coefficient (Wildman–Crippen LogP) is 3.24. The van der Waals surface area contributed by atoms with E-state index in [2.05, 4.69) is 32.1 Å². The fraction of sp³-hybridized carbons (Fsp3) is 0.500. The number of halogens is 1. The summed E-state index contributed by atoms with van der Waals surface area (Å²) in [6.45, 7) is -0.410. The summed E-state index contributed by atoms with van der Waals surface area (Å²) in [5.41, 5.74) is 2.96. The fourth-order valence-corrected chi connectivity index (χ4v) is 8.26. The highest BCUT2D eigenvalue weighted by molar-refractivity contribution is 7.70. The van der Waals surface area contributed by atoms with E-state index in [4.69, 9.17) is 35.2 Å². The summed E-state index contributed by atoms with van der Waals surface area (Å²) < 4.78 is 41.2. The van der Waals surface area contributed by atoms with Crippen molar-refractivity contribution in [1.29, 1.82) is 0 Å². The number of aryl methyl sites for hydroxylation is 1. The van der Waals surface area contributed by atoms with Crippen molar-refractivity contribution in [3.05, 3.63) is 46.9 Å². The zero-order valence-electron chi connectivity index (χ0n) is 20.6. The van der Waals surface area contributed by atoms with E-state index in [9.17, 15) is 14.2 Å². The zero-order valence-corrected chi connectivity index (χ0v) is 23.2. The van der Waals surface area contributed by atoms with Gasteiger partial charge in [-0.15, -0.1) is 0 Å². The number of nitrogens with zero attached hydrogens (tertiary/aromatic N) is 5. The van der Waals surface area contributed by atoms with Crippen LogP contribution in [0.2, 0.25) is 5.28 Å². The molecular formula is C22H28ClN5O8P2. The normalized spacial score (nSPS) is 25.0. The van der Waals surface area contributed by atoms with Crippen molar-refractivity contribution >= 4 is 43.6 Å². The average Bonchev–Trinajstić information content (AvgIpc) is 3.57. The van der Waals surface area contributed by atoms with Crippen LogP contribution in [0.15, 0.2) is 30.5 Å². The first-order valence-electron chi connectivity index (χ1n) is 11.9. The molecule has 3 heterocycles. The van der Waals surface area contributed by atoms with Crippen LogP contribution in [0.1, 0.15) is 36.2 Å². The van der Waals surface area contributed by atoms with Crippen LogP contribution in [0.25, 0.3) is 11.0 Å². The van der Waals surface area contributed by atoms with Crippen molar-refractivity contribution in [3.8, 4) is 0 Å². The molecule has 1 unspecified atom stereocenters. The molecule has 3 aromatic rings. The maximum absolute atomic E-state index is 12.5. The number of aliphatic hydroxyl groups is 1. The largest absolute Gasteiger partial charge is 0.390 e. The Morgan fingerprint density at radius 2 is 2.03 bits per heavy atom. The second kappa shape index (κ2) is 10.6. The molecule has 0 spiro atoms. The standard InChI is InChI=1S/C22H28ClN5O8P2/c1-27(16-8-7-13-5-3-4-6-14(13)16)20-15-10-24-28(21(15)26-22(23)25-20)19-9-17(29)18(36-19)11-35-38(33,34-2)12-37(30,31)32/h3-6,10,16-19,29H,7-9,11-12H2,1-2H3,(H2,30,31,32)/t16-,17-,18+,19+,38?/m0/s1. The van der Waals surface area contributed by atoms with E-state index in [0.717, 1.165) is 20.0 Å². The molecule has 5 atom stereocenters. The summed E-state index contributed by atoms with van der Waals surface area (Å²) >= 11 is 6.33. The Kier molecular flexibility index (Phi) is 7.69. The highest BCUT2D eigenvalue weighted by Crippen LogP contribution is 2.58. The second-order valence-electron chi connectivity index (χ2n) is 9.33. The summed E-state index contributed by atoms with van der Waals surface area (Å²) in [6.07, 6.45) is 0.896. The SMILES string of the molecule is COP(=O)(CP(=O)(O)O)OC[C@H]1O[C@@H](n2ncc3c(N(C)[C@H]4CCc5ccccc54)nc(Cl)nc32)C[C@@H]1O. The predicted molar refractivity (Wildman–Crippen MR) is 138 cm³/mol. The molecule has 0 saturated carbocycles. The van der Waals surface area contributed by atoms with Gasteiger partial charge in [-0.1, -0.05) is 24.3 Å². The molecule has 206 valence electrons. The van der Waals surface area contributed by atoms with Crippen LogP contribution >= 0.6 is 26.8 Å². The minimum absolute atomic E-state index is 0.0317. The van der Waals surface area contributed by atoms with E-state index in [1.165, 1.54) is 15.8 Å². The third kappa shape index (κ3) is 5.54. The van der Waals surface area contributed by atoms with E-state index < -0.39 is 46.1 Å². The lowest BCUT2D eigenvalue weighted by atomic mass is 10.1. The topological polar surface area (TPSA) is 169 Å². The molecule has 16 heteroatoms. The van der Waals surface area contributed by atoms with Gasteiger partial charge in [-0.05, 0) is 35.6 Å². The number of benzene rings is 1. The van der Waals surface area contributed by atoms with E-state index in [1.807, 2.05) is 19.2 Å². The minimum atomic E-state index is -4.66. The van der Waals surface area contributed by atoms with Gasteiger partial charge < -0.3 is 33.6 Å². The summed E-state index contributed by atoms with van der Waals surface area (Å²) in [7, 11) is -5.78. The lowest BCUT2D eigenvalue weighted by molar-refractivity contribution is -0.0438.